The Labute approximate surface area is 193 Å². The minimum Gasteiger partial charge on any atom is -0.495 e. The second-order valence-corrected chi connectivity index (χ2v) is 7.33. The number of oxazole rings is 1. The number of benzene rings is 3. The van der Waals surface area contributed by atoms with Crippen LogP contribution in [0.3, 0.4) is 0 Å². The molecule has 0 aliphatic rings. The maximum Gasteiger partial charge on any atom is 0.258 e. The molecule has 0 fully saturated rings. The fourth-order valence-electron chi connectivity index (χ4n) is 3.09. The van der Waals surface area contributed by atoms with Crippen molar-refractivity contribution in [1.29, 1.82) is 0 Å². The summed E-state index contributed by atoms with van der Waals surface area (Å²) in [6.07, 6.45) is 2.91. The van der Waals surface area contributed by atoms with Crippen LogP contribution in [0.1, 0.15) is 20.7 Å². The third kappa shape index (κ3) is 5.02. The lowest BCUT2D eigenvalue weighted by molar-refractivity contribution is 0.101. The quantitative estimate of drug-likeness (QED) is 0.384. The lowest BCUT2D eigenvalue weighted by atomic mass is 10.1. The number of ether oxygens (including phenoxy) is 1. The number of halogens is 2. The summed E-state index contributed by atoms with van der Waals surface area (Å²) >= 11 is 5.74. The molecule has 0 aliphatic heterocycles. The van der Waals surface area contributed by atoms with Crippen molar-refractivity contribution < 1.29 is 23.1 Å². The van der Waals surface area contributed by atoms with Crippen LogP contribution in [0, 0.1) is 5.82 Å². The van der Waals surface area contributed by atoms with Gasteiger partial charge in [0.2, 0.25) is 0 Å². The molecule has 1 aromatic heterocycles. The number of hydrogen-bond acceptors (Lipinski definition) is 5. The van der Waals surface area contributed by atoms with Gasteiger partial charge >= 0.3 is 0 Å². The number of nitrogens with zero attached hydrogens (tertiary/aromatic N) is 1. The molecule has 4 rings (SSSR count). The van der Waals surface area contributed by atoms with Crippen LogP contribution in [0.15, 0.2) is 77.7 Å². The van der Waals surface area contributed by atoms with E-state index in [0.717, 1.165) is 11.6 Å². The van der Waals surface area contributed by atoms with Gasteiger partial charge in [-0.3, -0.25) is 9.59 Å². The van der Waals surface area contributed by atoms with Crippen LogP contribution < -0.4 is 15.4 Å². The van der Waals surface area contributed by atoms with Gasteiger partial charge in [-0.2, -0.15) is 0 Å². The standard InChI is InChI=1S/C24H17ClFN3O4/c1-32-21-9-7-17(11-20(21)29-24(31)18-8-6-16(25)10-19(18)26)28-23(30)15-4-2-14(3-5-15)22-12-27-13-33-22/h2-13H,1H3,(H,28,30)(H,29,31). The summed E-state index contributed by atoms with van der Waals surface area (Å²) in [6.45, 7) is 0. The van der Waals surface area contributed by atoms with Crippen molar-refractivity contribution >= 4 is 34.8 Å². The molecule has 2 N–H and O–H groups in total. The lowest BCUT2D eigenvalue weighted by Gasteiger charge is -2.13. The number of amides is 2. The summed E-state index contributed by atoms with van der Waals surface area (Å²) in [6, 6.07) is 15.3. The van der Waals surface area contributed by atoms with E-state index < -0.39 is 11.7 Å². The van der Waals surface area contributed by atoms with E-state index in [4.69, 9.17) is 20.8 Å². The first-order chi connectivity index (χ1) is 15.9. The average molecular weight is 466 g/mol. The smallest absolute Gasteiger partial charge is 0.258 e. The fraction of sp³-hybridized carbons (Fsp3) is 0.0417. The number of methoxy groups -OCH3 is 1. The third-order valence-electron chi connectivity index (χ3n) is 4.75. The van der Waals surface area contributed by atoms with E-state index in [9.17, 15) is 14.0 Å². The highest BCUT2D eigenvalue weighted by Gasteiger charge is 2.16. The van der Waals surface area contributed by atoms with Crippen LogP contribution in [-0.2, 0) is 0 Å². The van der Waals surface area contributed by atoms with Crippen molar-refractivity contribution in [2.75, 3.05) is 17.7 Å². The van der Waals surface area contributed by atoms with Gasteiger partial charge in [0, 0.05) is 21.8 Å². The Kier molecular flexibility index (Phi) is 6.37. The Morgan fingerprint density at radius 1 is 1.00 bits per heavy atom. The zero-order valence-corrected chi connectivity index (χ0v) is 18.0. The number of nitrogens with one attached hydrogen (secondary N) is 2. The van der Waals surface area contributed by atoms with Crippen LogP contribution in [0.4, 0.5) is 15.8 Å². The zero-order valence-electron chi connectivity index (χ0n) is 17.3. The highest BCUT2D eigenvalue weighted by Crippen LogP contribution is 2.29. The summed E-state index contributed by atoms with van der Waals surface area (Å²) in [7, 11) is 1.43. The van der Waals surface area contributed by atoms with Gasteiger partial charge in [0.05, 0.1) is 24.6 Å². The van der Waals surface area contributed by atoms with E-state index in [1.54, 1.807) is 42.6 Å². The molecule has 3 aromatic carbocycles. The van der Waals surface area contributed by atoms with Gasteiger partial charge in [-0.15, -0.1) is 0 Å². The summed E-state index contributed by atoms with van der Waals surface area (Å²) in [5.41, 5.74) is 1.70. The van der Waals surface area contributed by atoms with Gasteiger partial charge in [-0.25, -0.2) is 9.37 Å². The second-order valence-electron chi connectivity index (χ2n) is 6.89. The predicted octanol–water partition coefficient (Wildman–Crippen LogP) is 5.65. The number of rotatable bonds is 6. The highest BCUT2D eigenvalue weighted by molar-refractivity contribution is 6.30. The Hall–Kier alpha value is -4.17. The maximum atomic E-state index is 14.1. The van der Waals surface area contributed by atoms with E-state index in [1.807, 2.05) is 0 Å². The van der Waals surface area contributed by atoms with E-state index in [2.05, 4.69) is 15.6 Å². The maximum absolute atomic E-state index is 14.1. The number of hydrogen-bond donors (Lipinski definition) is 2. The van der Waals surface area contributed by atoms with Crippen LogP contribution in [0.2, 0.25) is 5.02 Å². The van der Waals surface area contributed by atoms with Crippen LogP contribution in [0.5, 0.6) is 5.75 Å². The minimum absolute atomic E-state index is 0.178. The molecule has 0 saturated heterocycles. The zero-order chi connectivity index (χ0) is 23.4. The molecule has 0 saturated carbocycles. The summed E-state index contributed by atoms with van der Waals surface area (Å²) in [4.78, 5) is 29.1. The molecule has 7 nitrogen and oxygen atoms in total. The molecule has 9 heteroatoms. The number of carbonyl (C=O) groups excluding carboxylic acids is 2. The van der Waals surface area contributed by atoms with Crippen molar-refractivity contribution in [2.45, 2.75) is 0 Å². The molecule has 4 aromatic rings. The van der Waals surface area contributed by atoms with Gasteiger partial charge in [0.15, 0.2) is 12.2 Å². The normalized spacial score (nSPS) is 10.5. The van der Waals surface area contributed by atoms with E-state index in [-0.39, 0.29) is 22.2 Å². The van der Waals surface area contributed by atoms with Crippen molar-refractivity contribution in [1.82, 2.24) is 4.98 Å². The van der Waals surface area contributed by atoms with Crippen molar-refractivity contribution in [3.63, 3.8) is 0 Å². The van der Waals surface area contributed by atoms with Crippen molar-refractivity contribution in [3.05, 3.63) is 95.2 Å². The molecule has 1 heterocycles. The monoisotopic (exact) mass is 465 g/mol. The first kappa shape index (κ1) is 22.0. The first-order valence-corrected chi connectivity index (χ1v) is 10.1. The molecule has 0 aliphatic carbocycles. The van der Waals surface area contributed by atoms with Crippen LogP contribution >= 0.6 is 11.6 Å². The molecule has 0 spiro atoms. The SMILES string of the molecule is COc1ccc(NC(=O)c2ccc(-c3cnco3)cc2)cc1NC(=O)c1ccc(Cl)cc1F. The largest absolute Gasteiger partial charge is 0.495 e. The van der Waals surface area contributed by atoms with E-state index >= 15 is 0 Å². The van der Waals surface area contributed by atoms with Crippen LogP contribution in [0.25, 0.3) is 11.3 Å². The minimum atomic E-state index is -0.753. The van der Waals surface area contributed by atoms with Crippen molar-refractivity contribution in [3.8, 4) is 17.1 Å². The lowest BCUT2D eigenvalue weighted by Crippen LogP contribution is -2.15. The summed E-state index contributed by atoms with van der Waals surface area (Å²) < 4.78 is 24.6. The van der Waals surface area contributed by atoms with Gasteiger partial charge < -0.3 is 19.8 Å². The number of carbonyl (C=O) groups is 2. The van der Waals surface area contributed by atoms with Gasteiger partial charge in [-0.1, -0.05) is 23.7 Å². The van der Waals surface area contributed by atoms with Gasteiger partial charge in [-0.05, 0) is 48.5 Å². The molecule has 0 atom stereocenters. The van der Waals surface area contributed by atoms with E-state index in [0.29, 0.717) is 22.8 Å². The Balaban J connectivity index is 1.51. The molecular weight excluding hydrogens is 449 g/mol. The van der Waals surface area contributed by atoms with Crippen molar-refractivity contribution in [2.24, 2.45) is 0 Å². The fourth-order valence-corrected chi connectivity index (χ4v) is 3.25. The highest BCUT2D eigenvalue weighted by atomic mass is 35.5. The topological polar surface area (TPSA) is 93.5 Å². The van der Waals surface area contributed by atoms with Gasteiger partial charge in [0.25, 0.3) is 11.8 Å². The molecule has 166 valence electrons. The molecule has 0 radical (unpaired) electrons. The summed E-state index contributed by atoms with van der Waals surface area (Å²) in [5, 5.41) is 5.54. The Morgan fingerprint density at radius 3 is 2.45 bits per heavy atom. The Bertz CT molecular complexity index is 1310. The molecule has 0 unspecified atom stereocenters. The number of aromatic nitrogens is 1. The second kappa shape index (κ2) is 9.54. The predicted molar refractivity (Wildman–Crippen MR) is 122 cm³/mol. The number of anilines is 2. The third-order valence-corrected chi connectivity index (χ3v) is 4.98. The molecule has 33 heavy (non-hydrogen) atoms. The first-order valence-electron chi connectivity index (χ1n) is 9.69. The molecular formula is C24H17ClFN3O4. The van der Waals surface area contributed by atoms with Gasteiger partial charge in [0.1, 0.15) is 11.6 Å². The molecule has 0 bridgehead atoms. The molecule has 2 amide bonds. The average Bonchev–Trinajstić information content (AvgIpc) is 3.34. The van der Waals surface area contributed by atoms with E-state index in [1.165, 1.54) is 31.7 Å². The Morgan fingerprint density at radius 2 is 1.79 bits per heavy atom. The summed E-state index contributed by atoms with van der Waals surface area (Å²) in [5.74, 6) is -0.863. The van der Waals surface area contributed by atoms with Crippen LogP contribution in [-0.4, -0.2) is 23.9 Å².